The van der Waals surface area contributed by atoms with Gasteiger partial charge in [0.05, 0.1) is 23.2 Å². The lowest BCUT2D eigenvalue weighted by Gasteiger charge is -2.21. The highest BCUT2D eigenvalue weighted by Crippen LogP contribution is 2.30. The molecule has 96 valence electrons. The third-order valence-corrected chi connectivity index (χ3v) is 3.59. The second-order valence-corrected chi connectivity index (χ2v) is 4.77. The molecule has 2 aromatic rings. The predicted molar refractivity (Wildman–Crippen MR) is 67.8 cm³/mol. The molecule has 1 aliphatic rings. The largest absolute Gasteiger partial charge is 0.376 e. The normalized spacial score (nSPS) is 21.6. The Kier molecular flexibility index (Phi) is 2.70. The second kappa shape index (κ2) is 4.24. The minimum atomic E-state index is -0.295. The number of ether oxygens (including phenoxy) is 1. The first-order valence-electron chi connectivity index (χ1n) is 6.21. The molecule has 5 heteroatoms. The highest BCUT2D eigenvalue weighted by Gasteiger charge is 2.26. The zero-order chi connectivity index (χ0) is 12.7. The van der Waals surface area contributed by atoms with E-state index in [9.17, 15) is 4.39 Å². The lowest BCUT2D eigenvalue weighted by molar-refractivity contribution is 0.0751. The average Bonchev–Trinajstić information content (AvgIpc) is 2.94. The Labute approximate surface area is 105 Å². The zero-order valence-corrected chi connectivity index (χ0v) is 10.3. The zero-order valence-electron chi connectivity index (χ0n) is 10.3. The van der Waals surface area contributed by atoms with Gasteiger partial charge < -0.3 is 15.0 Å². The number of hydrogen-bond donors (Lipinski definition) is 1. The first-order valence-corrected chi connectivity index (χ1v) is 6.21. The van der Waals surface area contributed by atoms with Crippen molar-refractivity contribution < 1.29 is 9.13 Å². The molecular formula is C13H16FN3O. The number of nitrogens with zero attached hydrogens (tertiary/aromatic N) is 2. The van der Waals surface area contributed by atoms with Crippen LogP contribution in [0.15, 0.2) is 18.2 Å². The van der Waals surface area contributed by atoms with Crippen LogP contribution in [0.1, 0.15) is 25.8 Å². The van der Waals surface area contributed by atoms with E-state index < -0.39 is 0 Å². The van der Waals surface area contributed by atoms with E-state index in [1.807, 2.05) is 4.57 Å². The molecule has 0 bridgehead atoms. The summed E-state index contributed by atoms with van der Waals surface area (Å²) in [5.41, 5.74) is 7.40. The van der Waals surface area contributed by atoms with Gasteiger partial charge in [-0.2, -0.15) is 0 Å². The van der Waals surface area contributed by atoms with Crippen molar-refractivity contribution in [3.8, 4) is 0 Å². The summed E-state index contributed by atoms with van der Waals surface area (Å²) < 4.78 is 20.8. The lowest BCUT2D eigenvalue weighted by Crippen LogP contribution is -2.22. The Morgan fingerprint density at radius 2 is 2.39 bits per heavy atom. The van der Waals surface area contributed by atoms with Crippen LogP contribution in [0.25, 0.3) is 11.0 Å². The summed E-state index contributed by atoms with van der Waals surface area (Å²) in [7, 11) is 0. The molecule has 2 N–H and O–H groups in total. The number of nitrogen functional groups attached to an aromatic ring is 1. The maximum absolute atomic E-state index is 13.2. The number of anilines is 1. The van der Waals surface area contributed by atoms with E-state index in [0.29, 0.717) is 11.5 Å². The van der Waals surface area contributed by atoms with Gasteiger partial charge in [-0.25, -0.2) is 9.37 Å². The van der Waals surface area contributed by atoms with Crippen LogP contribution in [0.4, 0.5) is 10.3 Å². The molecule has 2 atom stereocenters. The molecule has 1 aromatic carbocycles. The Balaban J connectivity index is 2.07. The number of rotatable bonds is 2. The number of benzene rings is 1. The molecule has 3 rings (SSSR count). The van der Waals surface area contributed by atoms with Crippen molar-refractivity contribution in [2.75, 3.05) is 12.3 Å². The fourth-order valence-corrected chi connectivity index (χ4v) is 2.67. The summed E-state index contributed by atoms with van der Waals surface area (Å²) in [4.78, 5) is 4.21. The molecular weight excluding hydrogens is 233 g/mol. The first kappa shape index (κ1) is 11.5. The number of imidazole rings is 1. The minimum Gasteiger partial charge on any atom is -0.376 e. The monoisotopic (exact) mass is 249 g/mol. The van der Waals surface area contributed by atoms with Crippen LogP contribution in [0.2, 0.25) is 0 Å². The molecule has 2 unspecified atom stereocenters. The topological polar surface area (TPSA) is 53.1 Å². The summed E-state index contributed by atoms with van der Waals surface area (Å²) >= 11 is 0. The van der Waals surface area contributed by atoms with Crippen LogP contribution >= 0.6 is 0 Å². The van der Waals surface area contributed by atoms with Gasteiger partial charge in [0.25, 0.3) is 0 Å². The summed E-state index contributed by atoms with van der Waals surface area (Å²) in [6, 6.07) is 4.68. The Morgan fingerprint density at radius 3 is 3.11 bits per heavy atom. The molecule has 0 aliphatic carbocycles. The van der Waals surface area contributed by atoms with Gasteiger partial charge in [-0.15, -0.1) is 0 Å². The molecule has 0 saturated carbocycles. The Morgan fingerprint density at radius 1 is 1.56 bits per heavy atom. The number of halogens is 1. The number of fused-ring (bicyclic) bond motifs is 1. The van der Waals surface area contributed by atoms with Crippen molar-refractivity contribution in [2.45, 2.75) is 31.9 Å². The van der Waals surface area contributed by atoms with Crippen molar-refractivity contribution in [1.29, 1.82) is 0 Å². The van der Waals surface area contributed by atoms with E-state index in [0.717, 1.165) is 25.0 Å². The van der Waals surface area contributed by atoms with Crippen LogP contribution in [0.5, 0.6) is 0 Å². The second-order valence-electron chi connectivity index (χ2n) is 4.77. The number of hydrogen-bond acceptors (Lipinski definition) is 3. The molecule has 1 saturated heterocycles. The predicted octanol–water partition coefficient (Wildman–Crippen LogP) is 2.50. The summed E-state index contributed by atoms with van der Waals surface area (Å²) in [6.45, 7) is 2.87. The van der Waals surface area contributed by atoms with Gasteiger partial charge in [0.15, 0.2) is 0 Å². The van der Waals surface area contributed by atoms with Gasteiger partial charge in [-0.3, -0.25) is 0 Å². The van der Waals surface area contributed by atoms with Gasteiger partial charge in [0.1, 0.15) is 5.82 Å². The fourth-order valence-electron chi connectivity index (χ4n) is 2.67. The molecule has 1 aliphatic heterocycles. The first-order chi connectivity index (χ1) is 8.66. The Bertz CT molecular complexity index is 575. The van der Waals surface area contributed by atoms with Crippen LogP contribution in [0, 0.1) is 5.82 Å². The smallest absolute Gasteiger partial charge is 0.201 e. The Hall–Kier alpha value is -1.62. The van der Waals surface area contributed by atoms with Crippen LogP contribution in [-0.2, 0) is 4.74 Å². The third kappa shape index (κ3) is 1.75. The van der Waals surface area contributed by atoms with E-state index in [1.165, 1.54) is 12.1 Å². The molecule has 0 spiro atoms. The van der Waals surface area contributed by atoms with E-state index >= 15 is 0 Å². The maximum atomic E-state index is 13.2. The highest BCUT2D eigenvalue weighted by molar-refractivity contribution is 5.78. The van der Waals surface area contributed by atoms with Gasteiger partial charge in [-0.1, -0.05) is 0 Å². The third-order valence-electron chi connectivity index (χ3n) is 3.59. The van der Waals surface area contributed by atoms with E-state index in [2.05, 4.69) is 11.9 Å². The van der Waals surface area contributed by atoms with Gasteiger partial charge >= 0.3 is 0 Å². The summed E-state index contributed by atoms with van der Waals surface area (Å²) in [5.74, 6) is 0.121. The maximum Gasteiger partial charge on any atom is 0.201 e. The molecule has 0 radical (unpaired) electrons. The van der Waals surface area contributed by atoms with Crippen molar-refractivity contribution in [3.05, 3.63) is 24.0 Å². The van der Waals surface area contributed by atoms with Gasteiger partial charge in [-0.05, 0) is 31.9 Å². The van der Waals surface area contributed by atoms with Crippen molar-refractivity contribution in [1.82, 2.24) is 9.55 Å². The van der Waals surface area contributed by atoms with E-state index in [1.54, 1.807) is 6.07 Å². The molecule has 2 heterocycles. The minimum absolute atomic E-state index is 0.114. The van der Waals surface area contributed by atoms with E-state index in [-0.39, 0.29) is 18.0 Å². The molecule has 4 nitrogen and oxygen atoms in total. The number of aromatic nitrogens is 2. The molecule has 18 heavy (non-hydrogen) atoms. The number of nitrogens with two attached hydrogens (primary N) is 1. The van der Waals surface area contributed by atoms with Crippen molar-refractivity contribution >= 4 is 17.0 Å². The fraction of sp³-hybridized carbons (Fsp3) is 0.462. The van der Waals surface area contributed by atoms with Crippen LogP contribution in [-0.4, -0.2) is 22.3 Å². The molecule has 0 amide bonds. The standard InChI is InChI=1S/C13H16FN3O/c1-8(12-3-2-6-18-12)17-11-5-4-9(14)7-10(11)16-13(17)15/h4-5,7-8,12H,2-3,6H2,1H3,(H2,15,16). The van der Waals surface area contributed by atoms with Crippen LogP contribution < -0.4 is 5.73 Å². The molecule has 1 aromatic heterocycles. The van der Waals surface area contributed by atoms with E-state index in [4.69, 9.17) is 10.5 Å². The molecule has 1 fully saturated rings. The highest BCUT2D eigenvalue weighted by atomic mass is 19.1. The van der Waals surface area contributed by atoms with Gasteiger partial charge in [0.2, 0.25) is 5.95 Å². The summed E-state index contributed by atoms with van der Waals surface area (Å²) in [5, 5.41) is 0. The van der Waals surface area contributed by atoms with Crippen molar-refractivity contribution in [3.63, 3.8) is 0 Å². The lowest BCUT2D eigenvalue weighted by atomic mass is 10.1. The van der Waals surface area contributed by atoms with Crippen LogP contribution in [0.3, 0.4) is 0 Å². The quantitative estimate of drug-likeness (QED) is 0.889. The summed E-state index contributed by atoms with van der Waals surface area (Å²) in [6.07, 6.45) is 2.27. The van der Waals surface area contributed by atoms with Crippen molar-refractivity contribution in [2.24, 2.45) is 0 Å². The SMILES string of the molecule is CC(C1CCCO1)n1c(N)nc2cc(F)ccc21. The van der Waals surface area contributed by atoms with Gasteiger partial charge in [0, 0.05) is 12.7 Å². The average molecular weight is 249 g/mol.